The molecule has 1 fully saturated rings. The smallest absolute Gasteiger partial charge is 0.409 e. The Kier molecular flexibility index (Phi) is 6.81. The molecule has 3 heterocycles. The van der Waals surface area contributed by atoms with Gasteiger partial charge in [0, 0.05) is 34.6 Å². The van der Waals surface area contributed by atoms with E-state index in [9.17, 15) is 14.9 Å². The van der Waals surface area contributed by atoms with Crippen molar-refractivity contribution < 1.29 is 9.53 Å². The lowest BCUT2D eigenvalue weighted by Crippen LogP contribution is -2.48. The Morgan fingerprint density at radius 3 is 2.54 bits per heavy atom. The maximum absolute atomic E-state index is 12.9. The molecule has 1 amide bonds. The van der Waals surface area contributed by atoms with Crippen LogP contribution in [-0.2, 0) is 10.3 Å². The zero-order valence-electron chi connectivity index (χ0n) is 20.4. The number of carbonyl (C=O) groups excluding carboxylic acids is 1. The molecule has 0 atom stereocenters. The van der Waals surface area contributed by atoms with Crippen LogP contribution in [0.4, 0.5) is 16.3 Å². The molecule has 2 N–H and O–H groups in total. The molecule has 1 aliphatic heterocycles. The molecule has 0 unspecified atom stereocenters. The van der Waals surface area contributed by atoms with E-state index in [0.29, 0.717) is 42.7 Å². The molecule has 0 spiro atoms. The molecule has 184 valence electrons. The number of amides is 1. The summed E-state index contributed by atoms with van der Waals surface area (Å²) in [5.41, 5.74) is 0.569. The number of anilines is 2. The van der Waals surface area contributed by atoms with Gasteiger partial charge in [-0.2, -0.15) is 10.4 Å². The summed E-state index contributed by atoms with van der Waals surface area (Å²) in [5, 5.41) is 18.2. The van der Waals surface area contributed by atoms with Crippen molar-refractivity contribution in [2.75, 3.05) is 25.5 Å². The minimum Gasteiger partial charge on any atom is -0.453 e. The van der Waals surface area contributed by atoms with Crippen molar-refractivity contribution in [3.8, 4) is 6.07 Å². The number of nitriles is 1. The number of nitrogens with one attached hydrogen (secondary N) is 2. The first-order chi connectivity index (χ1) is 16.7. The van der Waals surface area contributed by atoms with E-state index in [4.69, 9.17) is 9.84 Å². The standard InChI is InChI=1S/C25H30N6O3S/c1-24(2,3)35-18-7-5-17(6-8-18)28-21-20-19(9-14-27-22(20)32)31(29-21)25(10-13-26)11-15-30(16-12-25)23(33)34-4/h5-9,14H,10-12,15-16H2,1-4H3,(H,27,32)(H,28,29). The molecule has 9 nitrogen and oxygen atoms in total. The highest BCUT2D eigenvalue weighted by Crippen LogP contribution is 2.38. The van der Waals surface area contributed by atoms with Crippen LogP contribution in [0.3, 0.4) is 0 Å². The average Bonchev–Trinajstić information content (AvgIpc) is 3.20. The van der Waals surface area contributed by atoms with Gasteiger partial charge in [-0.3, -0.25) is 9.48 Å². The van der Waals surface area contributed by atoms with Crippen LogP contribution in [0.25, 0.3) is 10.9 Å². The van der Waals surface area contributed by atoms with Crippen LogP contribution in [0, 0.1) is 11.3 Å². The number of hydrogen-bond donors (Lipinski definition) is 2. The van der Waals surface area contributed by atoms with Crippen molar-refractivity contribution in [1.29, 1.82) is 5.26 Å². The number of rotatable bonds is 5. The maximum atomic E-state index is 12.9. The van der Waals surface area contributed by atoms with Crippen LogP contribution in [-0.4, -0.2) is 50.7 Å². The number of aromatic nitrogens is 3. The predicted octanol–water partition coefficient (Wildman–Crippen LogP) is 4.83. The first-order valence-corrected chi connectivity index (χ1v) is 12.3. The number of benzene rings is 1. The fourth-order valence-corrected chi connectivity index (χ4v) is 5.45. The summed E-state index contributed by atoms with van der Waals surface area (Å²) < 4.78 is 6.77. The summed E-state index contributed by atoms with van der Waals surface area (Å²) in [6.45, 7) is 7.38. The second-order valence-electron chi connectivity index (χ2n) is 9.71. The predicted molar refractivity (Wildman–Crippen MR) is 137 cm³/mol. The maximum Gasteiger partial charge on any atom is 0.409 e. The van der Waals surface area contributed by atoms with Crippen molar-refractivity contribution in [3.05, 3.63) is 46.9 Å². The van der Waals surface area contributed by atoms with Crippen LogP contribution in [0.5, 0.6) is 0 Å². The third kappa shape index (κ3) is 5.15. The molecular weight excluding hydrogens is 464 g/mol. The van der Waals surface area contributed by atoms with Gasteiger partial charge in [0.05, 0.1) is 30.7 Å². The number of thioether (sulfide) groups is 1. The van der Waals surface area contributed by atoms with Gasteiger partial charge in [0.15, 0.2) is 5.82 Å². The Hall–Kier alpha value is -3.45. The summed E-state index contributed by atoms with van der Waals surface area (Å²) in [6.07, 6.45) is 2.47. The number of aromatic amines is 1. The van der Waals surface area contributed by atoms with Gasteiger partial charge in [0.2, 0.25) is 0 Å². The molecule has 0 bridgehead atoms. The highest BCUT2D eigenvalue weighted by atomic mass is 32.2. The normalized spacial score (nSPS) is 15.6. The molecule has 0 radical (unpaired) electrons. The second-order valence-corrected chi connectivity index (χ2v) is 11.6. The average molecular weight is 495 g/mol. The summed E-state index contributed by atoms with van der Waals surface area (Å²) >= 11 is 1.78. The van der Waals surface area contributed by atoms with Crippen LogP contribution in [0.1, 0.15) is 40.0 Å². The molecule has 1 saturated heterocycles. The fourth-order valence-electron chi connectivity index (χ4n) is 4.47. The Bertz CT molecular complexity index is 1310. The van der Waals surface area contributed by atoms with E-state index in [1.807, 2.05) is 35.0 Å². The number of pyridine rings is 1. The fraction of sp³-hybridized carbons (Fsp3) is 0.440. The van der Waals surface area contributed by atoms with E-state index in [2.05, 4.69) is 37.1 Å². The molecule has 3 aromatic rings. The Balaban J connectivity index is 1.70. The van der Waals surface area contributed by atoms with Gasteiger partial charge in [-0.15, -0.1) is 11.8 Å². The van der Waals surface area contributed by atoms with Gasteiger partial charge in [-0.05, 0) is 43.2 Å². The molecule has 1 aliphatic rings. The van der Waals surface area contributed by atoms with E-state index < -0.39 is 5.54 Å². The zero-order valence-corrected chi connectivity index (χ0v) is 21.2. The van der Waals surface area contributed by atoms with Gasteiger partial charge < -0.3 is 19.9 Å². The monoisotopic (exact) mass is 494 g/mol. The number of likely N-dealkylation sites (tertiary alicyclic amines) is 1. The minimum atomic E-state index is -0.640. The Morgan fingerprint density at radius 2 is 1.94 bits per heavy atom. The quantitative estimate of drug-likeness (QED) is 0.488. The SMILES string of the molecule is COC(=O)N1CCC(CC#N)(n2nc(Nc3ccc(SC(C)(C)C)cc3)c3c(=O)[nH]ccc32)CC1. The number of H-pyrrole nitrogens is 1. The first-order valence-electron chi connectivity index (χ1n) is 11.5. The van der Waals surface area contributed by atoms with Gasteiger partial charge in [-0.1, -0.05) is 20.8 Å². The highest BCUT2D eigenvalue weighted by molar-refractivity contribution is 8.00. The molecule has 0 saturated carbocycles. The van der Waals surface area contributed by atoms with Crippen molar-refractivity contribution in [2.45, 2.75) is 55.2 Å². The Morgan fingerprint density at radius 1 is 1.26 bits per heavy atom. The lowest BCUT2D eigenvalue weighted by molar-refractivity contribution is 0.0794. The summed E-state index contributed by atoms with van der Waals surface area (Å²) in [4.78, 5) is 30.4. The van der Waals surface area contributed by atoms with Crippen LogP contribution in [0.15, 0.2) is 46.2 Å². The van der Waals surface area contributed by atoms with Crippen molar-refractivity contribution >= 4 is 40.3 Å². The Labute approximate surface area is 208 Å². The number of carbonyl (C=O) groups is 1. The third-order valence-corrected chi connectivity index (χ3v) is 7.25. The number of nitrogens with zero attached hydrogens (tertiary/aromatic N) is 4. The largest absolute Gasteiger partial charge is 0.453 e. The van der Waals surface area contributed by atoms with Crippen molar-refractivity contribution in [3.63, 3.8) is 0 Å². The number of hydrogen-bond acceptors (Lipinski definition) is 7. The molecule has 10 heteroatoms. The number of ether oxygens (including phenoxy) is 1. The number of piperidine rings is 1. The van der Waals surface area contributed by atoms with Crippen molar-refractivity contribution in [2.24, 2.45) is 0 Å². The zero-order chi connectivity index (χ0) is 25.2. The van der Waals surface area contributed by atoms with Gasteiger partial charge >= 0.3 is 6.09 Å². The molecule has 35 heavy (non-hydrogen) atoms. The number of methoxy groups -OCH3 is 1. The van der Waals surface area contributed by atoms with Gasteiger partial charge in [0.1, 0.15) is 5.39 Å². The summed E-state index contributed by atoms with van der Waals surface area (Å²) in [6, 6.07) is 12.1. The molecular formula is C25H30N6O3S. The summed E-state index contributed by atoms with van der Waals surface area (Å²) in [7, 11) is 1.36. The van der Waals surface area contributed by atoms with Crippen LogP contribution >= 0.6 is 11.8 Å². The molecule has 4 rings (SSSR count). The molecule has 1 aromatic carbocycles. The minimum absolute atomic E-state index is 0.107. The highest BCUT2D eigenvalue weighted by Gasteiger charge is 2.40. The van der Waals surface area contributed by atoms with E-state index >= 15 is 0 Å². The topological polar surface area (TPSA) is 116 Å². The van der Waals surface area contributed by atoms with E-state index in [-0.39, 0.29) is 22.8 Å². The van der Waals surface area contributed by atoms with E-state index in [1.165, 1.54) is 7.11 Å². The molecule has 0 aliphatic carbocycles. The lowest BCUT2D eigenvalue weighted by atomic mass is 9.85. The second kappa shape index (κ2) is 9.66. The van der Waals surface area contributed by atoms with Crippen LogP contribution in [0.2, 0.25) is 0 Å². The first kappa shape index (κ1) is 24.7. The van der Waals surface area contributed by atoms with Crippen LogP contribution < -0.4 is 10.9 Å². The van der Waals surface area contributed by atoms with Gasteiger partial charge in [-0.25, -0.2) is 4.79 Å². The molecule has 2 aromatic heterocycles. The third-order valence-electron chi connectivity index (χ3n) is 6.13. The van der Waals surface area contributed by atoms with E-state index in [0.717, 1.165) is 10.6 Å². The van der Waals surface area contributed by atoms with E-state index in [1.54, 1.807) is 22.9 Å². The van der Waals surface area contributed by atoms with Gasteiger partial charge in [0.25, 0.3) is 5.56 Å². The summed E-state index contributed by atoms with van der Waals surface area (Å²) in [5.74, 6) is 0.436. The lowest BCUT2D eigenvalue weighted by Gasteiger charge is -2.40. The van der Waals surface area contributed by atoms with Crippen molar-refractivity contribution in [1.82, 2.24) is 19.7 Å². The number of fused-ring (bicyclic) bond motifs is 1.